The molecule has 0 saturated carbocycles. The molecule has 2 aromatic heterocycles. The van der Waals surface area contributed by atoms with Gasteiger partial charge < -0.3 is 15.2 Å². The van der Waals surface area contributed by atoms with Crippen LogP contribution in [0.2, 0.25) is 10.0 Å². The Morgan fingerprint density at radius 2 is 2.00 bits per heavy atom. The van der Waals surface area contributed by atoms with Gasteiger partial charge in [0.15, 0.2) is 5.69 Å². The molecule has 1 aromatic carbocycles. The van der Waals surface area contributed by atoms with Gasteiger partial charge in [-0.25, -0.2) is 0 Å². The zero-order chi connectivity index (χ0) is 20.5. The van der Waals surface area contributed by atoms with Gasteiger partial charge in [-0.05, 0) is 37.5 Å². The maximum Gasteiger partial charge on any atom is 0.276 e. The highest BCUT2D eigenvalue weighted by molar-refractivity contribution is 6.42. The molecule has 0 radical (unpaired) electrons. The standard InChI is InChI=1S/C19H20Cl2N6O2/c1-26-10-17(24-25-26)19(29)27-5-3-2-4-12(9-27)22-18(28)16-7-11-6-13(20)14(21)8-15(11)23-16/h6-8,10,12,23H,2-5,9H2,1H3,(H,22,28). The number of hydrogen-bond donors (Lipinski definition) is 2. The molecule has 3 aromatic rings. The number of halogens is 2. The highest BCUT2D eigenvalue weighted by atomic mass is 35.5. The lowest BCUT2D eigenvalue weighted by Gasteiger charge is -2.24. The van der Waals surface area contributed by atoms with Gasteiger partial charge in [-0.3, -0.25) is 14.3 Å². The number of aromatic amines is 1. The SMILES string of the molecule is Cn1cc(C(=O)N2CCCCC(NC(=O)c3cc4cc(Cl)c(Cl)cc4[nH]3)C2)nn1. The van der Waals surface area contributed by atoms with Crippen LogP contribution in [-0.2, 0) is 7.05 Å². The number of aromatic nitrogens is 4. The Labute approximate surface area is 177 Å². The Bertz CT molecular complexity index is 1040. The Balaban J connectivity index is 1.47. The highest BCUT2D eigenvalue weighted by Gasteiger charge is 2.26. The monoisotopic (exact) mass is 434 g/mol. The molecular formula is C19H20Cl2N6O2. The molecule has 1 atom stereocenters. The fourth-order valence-corrected chi connectivity index (χ4v) is 3.90. The fraction of sp³-hybridized carbons (Fsp3) is 0.368. The van der Waals surface area contributed by atoms with Crippen molar-refractivity contribution in [1.82, 2.24) is 30.2 Å². The molecule has 3 heterocycles. The lowest BCUT2D eigenvalue weighted by atomic mass is 10.1. The molecule has 152 valence electrons. The van der Waals surface area contributed by atoms with Crippen LogP contribution in [0.15, 0.2) is 24.4 Å². The number of hydrogen-bond acceptors (Lipinski definition) is 4. The van der Waals surface area contributed by atoms with Gasteiger partial charge in [-0.15, -0.1) is 5.10 Å². The predicted octanol–water partition coefficient (Wildman–Crippen LogP) is 3.03. The van der Waals surface area contributed by atoms with Crippen LogP contribution < -0.4 is 5.32 Å². The average molecular weight is 435 g/mol. The summed E-state index contributed by atoms with van der Waals surface area (Å²) < 4.78 is 1.50. The van der Waals surface area contributed by atoms with Gasteiger partial charge >= 0.3 is 0 Å². The Morgan fingerprint density at radius 1 is 1.21 bits per heavy atom. The molecule has 1 aliphatic heterocycles. The van der Waals surface area contributed by atoms with Crippen LogP contribution in [0.1, 0.15) is 40.2 Å². The van der Waals surface area contributed by atoms with Crippen LogP contribution in [0.4, 0.5) is 0 Å². The van der Waals surface area contributed by atoms with E-state index in [0.29, 0.717) is 34.5 Å². The Morgan fingerprint density at radius 3 is 2.76 bits per heavy atom. The Kier molecular flexibility index (Phi) is 5.47. The maximum absolute atomic E-state index is 12.8. The van der Waals surface area contributed by atoms with E-state index in [-0.39, 0.29) is 17.9 Å². The fourth-order valence-electron chi connectivity index (χ4n) is 3.56. The number of fused-ring (bicyclic) bond motifs is 1. The first-order valence-corrected chi connectivity index (χ1v) is 10.1. The van der Waals surface area contributed by atoms with Crippen molar-refractivity contribution < 1.29 is 9.59 Å². The molecule has 0 aliphatic carbocycles. The molecule has 29 heavy (non-hydrogen) atoms. The van der Waals surface area contributed by atoms with Gasteiger partial charge in [0.25, 0.3) is 11.8 Å². The third-order valence-electron chi connectivity index (χ3n) is 5.02. The van der Waals surface area contributed by atoms with Crippen LogP contribution >= 0.6 is 23.2 Å². The molecule has 0 spiro atoms. The summed E-state index contributed by atoms with van der Waals surface area (Å²) in [6.45, 7) is 1.06. The van der Waals surface area contributed by atoms with E-state index in [0.717, 1.165) is 30.2 Å². The van der Waals surface area contributed by atoms with Gasteiger partial charge in [0.05, 0.1) is 16.2 Å². The molecule has 2 N–H and O–H groups in total. The van der Waals surface area contributed by atoms with E-state index >= 15 is 0 Å². The minimum atomic E-state index is -0.229. The number of nitrogens with zero attached hydrogens (tertiary/aromatic N) is 4. The van der Waals surface area contributed by atoms with Crippen molar-refractivity contribution >= 4 is 45.9 Å². The number of benzene rings is 1. The second-order valence-electron chi connectivity index (χ2n) is 7.23. The first kappa shape index (κ1) is 19.7. The number of carbonyl (C=O) groups excluding carboxylic acids is 2. The van der Waals surface area contributed by atoms with E-state index < -0.39 is 0 Å². The second kappa shape index (κ2) is 8.04. The van der Waals surface area contributed by atoms with Crippen LogP contribution in [0.5, 0.6) is 0 Å². The summed E-state index contributed by atoms with van der Waals surface area (Å²) in [6, 6.07) is 5.01. The van der Waals surface area contributed by atoms with E-state index in [9.17, 15) is 9.59 Å². The molecule has 10 heteroatoms. The summed E-state index contributed by atoms with van der Waals surface area (Å²) in [5, 5.41) is 12.4. The highest BCUT2D eigenvalue weighted by Crippen LogP contribution is 2.28. The molecule has 4 rings (SSSR count). The summed E-state index contributed by atoms with van der Waals surface area (Å²) in [7, 11) is 1.72. The number of likely N-dealkylation sites (tertiary alicyclic amines) is 1. The van der Waals surface area contributed by atoms with E-state index in [1.807, 2.05) is 0 Å². The first-order chi connectivity index (χ1) is 13.9. The first-order valence-electron chi connectivity index (χ1n) is 9.35. The third kappa shape index (κ3) is 4.23. The molecular weight excluding hydrogens is 415 g/mol. The van der Waals surface area contributed by atoms with Crippen molar-refractivity contribution in [1.29, 1.82) is 0 Å². The zero-order valence-electron chi connectivity index (χ0n) is 15.8. The molecule has 1 aliphatic rings. The molecule has 8 nitrogen and oxygen atoms in total. The smallest absolute Gasteiger partial charge is 0.276 e. The van der Waals surface area contributed by atoms with E-state index in [1.165, 1.54) is 4.68 Å². The minimum Gasteiger partial charge on any atom is -0.350 e. The van der Waals surface area contributed by atoms with E-state index in [2.05, 4.69) is 20.6 Å². The predicted molar refractivity (Wildman–Crippen MR) is 110 cm³/mol. The van der Waals surface area contributed by atoms with E-state index in [1.54, 1.807) is 36.3 Å². The van der Waals surface area contributed by atoms with Crippen LogP contribution in [-0.4, -0.2) is 55.8 Å². The summed E-state index contributed by atoms with van der Waals surface area (Å²) >= 11 is 12.1. The molecule has 1 unspecified atom stereocenters. The number of aryl methyl sites for hydroxylation is 1. The molecule has 0 bridgehead atoms. The summed E-state index contributed by atoms with van der Waals surface area (Å²) in [5.74, 6) is -0.401. The lowest BCUT2D eigenvalue weighted by molar-refractivity contribution is 0.0731. The molecule has 1 fully saturated rings. The minimum absolute atomic E-state index is 0.149. The topological polar surface area (TPSA) is 95.9 Å². The van der Waals surface area contributed by atoms with Crippen molar-refractivity contribution in [2.75, 3.05) is 13.1 Å². The summed E-state index contributed by atoms with van der Waals surface area (Å²) in [6.07, 6.45) is 4.20. The Hall–Kier alpha value is -2.58. The number of rotatable bonds is 3. The van der Waals surface area contributed by atoms with Gasteiger partial charge in [0, 0.05) is 37.1 Å². The number of amides is 2. The van der Waals surface area contributed by atoms with E-state index in [4.69, 9.17) is 23.2 Å². The number of carbonyl (C=O) groups is 2. The second-order valence-corrected chi connectivity index (χ2v) is 8.05. The zero-order valence-corrected chi connectivity index (χ0v) is 17.3. The van der Waals surface area contributed by atoms with Crippen molar-refractivity contribution in [3.8, 4) is 0 Å². The van der Waals surface area contributed by atoms with Crippen LogP contribution in [0, 0.1) is 0 Å². The maximum atomic E-state index is 12.8. The summed E-state index contributed by atoms with van der Waals surface area (Å²) in [5.41, 5.74) is 1.48. The van der Waals surface area contributed by atoms with Crippen molar-refractivity contribution in [3.05, 3.63) is 45.8 Å². The third-order valence-corrected chi connectivity index (χ3v) is 5.74. The largest absolute Gasteiger partial charge is 0.350 e. The number of H-pyrrole nitrogens is 1. The lowest BCUT2D eigenvalue weighted by Crippen LogP contribution is -2.44. The van der Waals surface area contributed by atoms with Crippen molar-refractivity contribution in [3.63, 3.8) is 0 Å². The van der Waals surface area contributed by atoms with Crippen molar-refractivity contribution in [2.24, 2.45) is 7.05 Å². The quantitative estimate of drug-likeness (QED) is 0.661. The van der Waals surface area contributed by atoms with Gasteiger partial charge in [-0.1, -0.05) is 28.4 Å². The van der Waals surface area contributed by atoms with Gasteiger partial charge in [0.2, 0.25) is 0 Å². The van der Waals surface area contributed by atoms with Gasteiger partial charge in [-0.2, -0.15) is 0 Å². The van der Waals surface area contributed by atoms with Crippen LogP contribution in [0.3, 0.4) is 0 Å². The normalized spacial score (nSPS) is 17.3. The summed E-state index contributed by atoms with van der Waals surface area (Å²) in [4.78, 5) is 30.3. The molecule has 2 amide bonds. The van der Waals surface area contributed by atoms with Crippen LogP contribution in [0.25, 0.3) is 10.9 Å². The molecule has 1 saturated heterocycles. The average Bonchev–Trinajstić information content (AvgIpc) is 3.22. The number of nitrogens with one attached hydrogen (secondary N) is 2. The van der Waals surface area contributed by atoms with Crippen molar-refractivity contribution in [2.45, 2.75) is 25.3 Å². The van der Waals surface area contributed by atoms with Gasteiger partial charge in [0.1, 0.15) is 5.69 Å².